The molecule has 1 unspecified atom stereocenters. The molecule has 1 aliphatic rings. The molecule has 1 atom stereocenters. The van der Waals surface area contributed by atoms with Crippen LogP contribution < -0.4 is 15.8 Å². The highest BCUT2D eigenvalue weighted by molar-refractivity contribution is 6.02. The van der Waals surface area contributed by atoms with E-state index in [4.69, 9.17) is 15.2 Å². The Morgan fingerprint density at radius 1 is 1.31 bits per heavy atom. The summed E-state index contributed by atoms with van der Waals surface area (Å²) in [6.07, 6.45) is -1.59. The largest absolute Gasteiger partial charge is 0.486 e. The molecular weight excluding hydrogens is 439 g/mol. The van der Waals surface area contributed by atoms with E-state index < -0.39 is 48.4 Å². The van der Waals surface area contributed by atoms with Gasteiger partial charge in [-0.2, -0.15) is 0 Å². The number of hydrogen-bond acceptors (Lipinski definition) is 6. The van der Waals surface area contributed by atoms with Gasteiger partial charge in [0.25, 0.3) is 18.3 Å². The molecular formula is C20H19F5N4O3. The summed E-state index contributed by atoms with van der Waals surface area (Å²) in [6, 6.07) is 5.62. The van der Waals surface area contributed by atoms with Gasteiger partial charge in [-0.15, -0.1) is 0 Å². The first-order valence-corrected chi connectivity index (χ1v) is 9.30. The van der Waals surface area contributed by atoms with Crippen molar-refractivity contribution in [3.8, 4) is 5.75 Å². The number of amidine groups is 1. The fourth-order valence-corrected chi connectivity index (χ4v) is 3.01. The van der Waals surface area contributed by atoms with Gasteiger partial charge in [0.2, 0.25) is 0 Å². The summed E-state index contributed by atoms with van der Waals surface area (Å²) in [4.78, 5) is 20.0. The van der Waals surface area contributed by atoms with Gasteiger partial charge in [0, 0.05) is 11.3 Å². The van der Waals surface area contributed by atoms with Crippen LogP contribution in [0.5, 0.6) is 5.75 Å². The molecule has 0 fully saturated rings. The van der Waals surface area contributed by atoms with Crippen LogP contribution in [0.25, 0.3) is 0 Å². The number of halogens is 5. The SMILES string of the molecule is CC1(c2cc(NC(=O)c3ccc(OCC(F)F)cn3)ccc2F)N=C(N)COCC1(F)F. The molecule has 1 amide bonds. The molecule has 0 saturated heterocycles. The van der Waals surface area contributed by atoms with Crippen molar-refractivity contribution in [2.24, 2.45) is 10.7 Å². The van der Waals surface area contributed by atoms with Crippen LogP contribution in [0.15, 0.2) is 41.5 Å². The van der Waals surface area contributed by atoms with Gasteiger partial charge >= 0.3 is 0 Å². The highest BCUT2D eigenvalue weighted by Crippen LogP contribution is 2.44. The van der Waals surface area contributed by atoms with Crippen molar-refractivity contribution in [2.75, 3.05) is 25.1 Å². The third-order valence-electron chi connectivity index (χ3n) is 4.71. The van der Waals surface area contributed by atoms with Gasteiger partial charge in [-0.25, -0.2) is 26.9 Å². The molecule has 3 rings (SSSR count). The molecule has 1 aromatic heterocycles. The fraction of sp³-hybridized carbons (Fsp3) is 0.350. The molecule has 172 valence electrons. The van der Waals surface area contributed by atoms with Gasteiger partial charge in [0.15, 0.2) is 5.54 Å². The number of rotatable bonds is 6. The first-order valence-electron chi connectivity index (χ1n) is 9.30. The minimum Gasteiger partial charge on any atom is -0.486 e. The van der Waals surface area contributed by atoms with Crippen molar-refractivity contribution in [3.63, 3.8) is 0 Å². The van der Waals surface area contributed by atoms with E-state index in [-0.39, 0.29) is 29.6 Å². The lowest BCUT2D eigenvalue weighted by atomic mass is 9.85. The fourth-order valence-electron chi connectivity index (χ4n) is 3.01. The maximum atomic E-state index is 14.8. The summed E-state index contributed by atoms with van der Waals surface area (Å²) in [7, 11) is 0. The summed E-state index contributed by atoms with van der Waals surface area (Å²) in [6.45, 7) is -1.15. The van der Waals surface area contributed by atoms with Crippen molar-refractivity contribution < 1.29 is 36.2 Å². The van der Waals surface area contributed by atoms with E-state index >= 15 is 0 Å². The van der Waals surface area contributed by atoms with Crippen LogP contribution in [-0.2, 0) is 10.3 Å². The third-order valence-corrected chi connectivity index (χ3v) is 4.71. The molecule has 2 heterocycles. The number of ether oxygens (including phenoxy) is 2. The number of nitrogens with zero attached hydrogens (tertiary/aromatic N) is 2. The van der Waals surface area contributed by atoms with Gasteiger partial charge in [-0.3, -0.25) is 9.79 Å². The number of hydrogen-bond donors (Lipinski definition) is 2. The van der Waals surface area contributed by atoms with Crippen LogP contribution in [0.3, 0.4) is 0 Å². The quantitative estimate of drug-likeness (QED) is 0.647. The number of anilines is 1. The van der Waals surface area contributed by atoms with Gasteiger partial charge < -0.3 is 20.5 Å². The number of nitrogens with two attached hydrogens (primary N) is 1. The van der Waals surface area contributed by atoms with E-state index in [2.05, 4.69) is 15.3 Å². The Morgan fingerprint density at radius 3 is 2.72 bits per heavy atom. The second-order valence-electron chi connectivity index (χ2n) is 7.10. The minimum absolute atomic E-state index is 0.00203. The number of pyridine rings is 1. The molecule has 12 heteroatoms. The molecule has 0 saturated carbocycles. The van der Waals surface area contributed by atoms with E-state index in [9.17, 15) is 26.7 Å². The van der Waals surface area contributed by atoms with Crippen molar-refractivity contribution in [2.45, 2.75) is 24.8 Å². The van der Waals surface area contributed by atoms with Gasteiger partial charge in [0.1, 0.15) is 42.9 Å². The summed E-state index contributed by atoms with van der Waals surface area (Å²) in [5, 5.41) is 2.42. The van der Waals surface area contributed by atoms with E-state index in [1.165, 1.54) is 18.2 Å². The lowest BCUT2D eigenvalue weighted by molar-refractivity contribution is -0.116. The molecule has 0 spiro atoms. The standard InChI is InChI=1S/C20H19F5N4O3/c1-19(20(24,25)10-31-9-17(26)29-19)13-6-11(2-4-14(13)21)28-18(30)15-5-3-12(7-27-15)32-8-16(22)23/h2-7,16H,8-10H2,1H3,(H2,26,29)(H,28,30). The zero-order valence-corrected chi connectivity index (χ0v) is 16.7. The maximum absolute atomic E-state index is 14.8. The first kappa shape index (κ1) is 23.4. The molecule has 0 aliphatic carbocycles. The lowest BCUT2D eigenvalue weighted by Gasteiger charge is -2.33. The highest BCUT2D eigenvalue weighted by Gasteiger charge is 2.54. The molecule has 32 heavy (non-hydrogen) atoms. The molecule has 0 bridgehead atoms. The van der Waals surface area contributed by atoms with Crippen LogP contribution in [0, 0.1) is 5.82 Å². The van der Waals surface area contributed by atoms with Gasteiger partial charge in [-0.1, -0.05) is 0 Å². The molecule has 1 aliphatic heterocycles. The maximum Gasteiger partial charge on any atom is 0.299 e. The van der Waals surface area contributed by atoms with Crippen molar-refractivity contribution in [3.05, 3.63) is 53.6 Å². The Labute approximate surface area is 179 Å². The van der Waals surface area contributed by atoms with Crippen LogP contribution in [0.2, 0.25) is 0 Å². The number of carbonyl (C=O) groups is 1. The number of alkyl halides is 4. The monoisotopic (exact) mass is 458 g/mol. The van der Waals surface area contributed by atoms with E-state index in [1.807, 2.05) is 0 Å². The molecule has 2 aromatic rings. The second-order valence-corrected chi connectivity index (χ2v) is 7.10. The van der Waals surface area contributed by atoms with Crippen LogP contribution in [0.4, 0.5) is 27.6 Å². The van der Waals surface area contributed by atoms with E-state index in [0.717, 1.165) is 25.3 Å². The van der Waals surface area contributed by atoms with E-state index in [1.54, 1.807) is 0 Å². The zero-order valence-electron chi connectivity index (χ0n) is 16.7. The highest BCUT2D eigenvalue weighted by atomic mass is 19.3. The Balaban J connectivity index is 1.84. The van der Waals surface area contributed by atoms with Crippen LogP contribution >= 0.6 is 0 Å². The zero-order chi connectivity index (χ0) is 23.5. The predicted molar refractivity (Wildman–Crippen MR) is 105 cm³/mol. The number of aliphatic imine (C=N–C) groups is 1. The van der Waals surface area contributed by atoms with Gasteiger partial charge in [0.05, 0.1) is 6.20 Å². The molecule has 3 N–H and O–H groups in total. The first-order chi connectivity index (χ1) is 15.0. The average Bonchev–Trinajstić information content (AvgIpc) is 2.83. The number of carbonyl (C=O) groups excluding carboxylic acids is 1. The van der Waals surface area contributed by atoms with Crippen LogP contribution in [0.1, 0.15) is 23.0 Å². The minimum atomic E-state index is -3.59. The van der Waals surface area contributed by atoms with Crippen molar-refractivity contribution >= 4 is 17.4 Å². The number of nitrogens with one attached hydrogen (secondary N) is 1. The van der Waals surface area contributed by atoms with Crippen molar-refractivity contribution in [1.29, 1.82) is 0 Å². The predicted octanol–water partition coefficient (Wildman–Crippen LogP) is 3.35. The smallest absolute Gasteiger partial charge is 0.299 e. The lowest BCUT2D eigenvalue weighted by Crippen LogP contribution is -2.45. The molecule has 7 nitrogen and oxygen atoms in total. The number of benzene rings is 1. The van der Waals surface area contributed by atoms with Crippen molar-refractivity contribution in [1.82, 2.24) is 4.98 Å². The van der Waals surface area contributed by atoms with E-state index in [0.29, 0.717) is 0 Å². The Kier molecular flexibility index (Phi) is 6.63. The molecule has 1 aromatic carbocycles. The Bertz CT molecular complexity index is 1020. The normalized spacial score (nSPS) is 20.4. The Morgan fingerprint density at radius 2 is 2.06 bits per heavy atom. The summed E-state index contributed by atoms with van der Waals surface area (Å²) < 4.78 is 78.0. The molecule has 0 radical (unpaired) electrons. The van der Waals surface area contributed by atoms with Gasteiger partial charge in [-0.05, 0) is 37.3 Å². The number of amides is 1. The number of aromatic nitrogens is 1. The third kappa shape index (κ3) is 4.96. The average molecular weight is 458 g/mol. The summed E-state index contributed by atoms with van der Waals surface area (Å²) in [5.74, 6) is -5.49. The van der Waals surface area contributed by atoms with Crippen LogP contribution in [-0.4, -0.2) is 48.9 Å². The second kappa shape index (κ2) is 9.07. The Hall–Kier alpha value is -3.28. The summed E-state index contributed by atoms with van der Waals surface area (Å²) in [5.41, 5.74) is 2.63. The summed E-state index contributed by atoms with van der Waals surface area (Å²) >= 11 is 0. The topological polar surface area (TPSA) is 98.8 Å².